The SMILES string of the molecule is CCCOc1ccc(C(=O)NNC(=O)c2ccc(OCc3ccncc3)c(OCC)c2)cc1OC. The molecule has 0 saturated carbocycles. The minimum Gasteiger partial charge on any atom is -0.493 e. The number of pyridine rings is 1. The van der Waals surface area contributed by atoms with E-state index < -0.39 is 11.8 Å². The molecule has 2 aromatic carbocycles. The van der Waals surface area contributed by atoms with Gasteiger partial charge in [0.15, 0.2) is 23.0 Å². The highest BCUT2D eigenvalue weighted by Crippen LogP contribution is 2.30. The van der Waals surface area contributed by atoms with Gasteiger partial charge >= 0.3 is 0 Å². The largest absolute Gasteiger partial charge is 0.493 e. The van der Waals surface area contributed by atoms with Gasteiger partial charge in [0.25, 0.3) is 11.8 Å². The Hall–Kier alpha value is -4.27. The topological polar surface area (TPSA) is 108 Å². The van der Waals surface area contributed by atoms with Crippen LogP contribution in [0.15, 0.2) is 60.9 Å². The van der Waals surface area contributed by atoms with Crippen molar-refractivity contribution in [3.8, 4) is 23.0 Å². The highest BCUT2D eigenvalue weighted by molar-refractivity contribution is 5.99. The second kappa shape index (κ2) is 12.8. The summed E-state index contributed by atoms with van der Waals surface area (Å²) in [5.74, 6) is 0.899. The van der Waals surface area contributed by atoms with Crippen molar-refractivity contribution >= 4 is 11.8 Å². The fourth-order valence-electron chi connectivity index (χ4n) is 3.07. The Morgan fingerprint density at radius 3 is 1.94 bits per heavy atom. The van der Waals surface area contributed by atoms with Crippen LogP contribution in [0.1, 0.15) is 46.5 Å². The summed E-state index contributed by atoms with van der Waals surface area (Å²) in [6.07, 6.45) is 4.23. The van der Waals surface area contributed by atoms with Crippen molar-refractivity contribution in [1.29, 1.82) is 0 Å². The first kappa shape index (κ1) is 25.4. The Balaban J connectivity index is 1.63. The first-order valence-electron chi connectivity index (χ1n) is 11.3. The van der Waals surface area contributed by atoms with E-state index in [2.05, 4.69) is 15.8 Å². The maximum absolute atomic E-state index is 12.6. The molecule has 0 spiro atoms. The summed E-state index contributed by atoms with van der Waals surface area (Å²) in [6, 6.07) is 13.3. The molecule has 0 atom stereocenters. The lowest BCUT2D eigenvalue weighted by Crippen LogP contribution is -2.41. The van der Waals surface area contributed by atoms with Gasteiger partial charge in [-0.1, -0.05) is 6.92 Å². The van der Waals surface area contributed by atoms with Crippen molar-refractivity contribution in [2.45, 2.75) is 26.9 Å². The zero-order chi connectivity index (χ0) is 25.0. The van der Waals surface area contributed by atoms with Gasteiger partial charge in [0.1, 0.15) is 6.61 Å². The third-order valence-electron chi connectivity index (χ3n) is 4.83. The van der Waals surface area contributed by atoms with Crippen molar-refractivity contribution in [2.75, 3.05) is 20.3 Å². The van der Waals surface area contributed by atoms with Crippen molar-refractivity contribution in [3.63, 3.8) is 0 Å². The minimum atomic E-state index is -0.505. The number of hydrogen-bond donors (Lipinski definition) is 2. The zero-order valence-electron chi connectivity index (χ0n) is 20.0. The average Bonchev–Trinajstić information content (AvgIpc) is 2.90. The quantitative estimate of drug-likeness (QED) is 0.401. The van der Waals surface area contributed by atoms with Gasteiger partial charge in [-0.2, -0.15) is 0 Å². The van der Waals surface area contributed by atoms with E-state index in [1.54, 1.807) is 48.8 Å². The second-order valence-corrected chi connectivity index (χ2v) is 7.36. The molecule has 35 heavy (non-hydrogen) atoms. The van der Waals surface area contributed by atoms with Gasteiger partial charge in [-0.25, -0.2) is 0 Å². The summed E-state index contributed by atoms with van der Waals surface area (Å²) < 4.78 is 22.4. The summed E-state index contributed by atoms with van der Waals surface area (Å²) in [5, 5.41) is 0. The number of amides is 2. The molecule has 0 aliphatic heterocycles. The van der Waals surface area contributed by atoms with Gasteiger partial charge in [0.05, 0.1) is 20.3 Å². The van der Waals surface area contributed by atoms with Crippen LogP contribution in [0.5, 0.6) is 23.0 Å². The van der Waals surface area contributed by atoms with Crippen molar-refractivity contribution < 1.29 is 28.5 Å². The van der Waals surface area contributed by atoms with Crippen LogP contribution in [0.2, 0.25) is 0 Å². The number of hydrazine groups is 1. The Kier molecular flexibility index (Phi) is 9.30. The maximum Gasteiger partial charge on any atom is 0.269 e. The lowest BCUT2D eigenvalue weighted by atomic mass is 10.2. The molecular weight excluding hydrogens is 450 g/mol. The van der Waals surface area contributed by atoms with E-state index in [1.165, 1.54) is 7.11 Å². The summed E-state index contributed by atoms with van der Waals surface area (Å²) >= 11 is 0. The maximum atomic E-state index is 12.6. The number of carbonyl (C=O) groups is 2. The van der Waals surface area contributed by atoms with E-state index in [4.69, 9.17) is 18.9 Å². The van der Waals surface area contributed by atoms with E-state index in [-0.39, 0.29) is 0 Å². The number of carbonyl (C=O) groups excluding carboxylic acids is 2. The summed E-state index contributed by atoms with van der Waals surface area (Å²) in [4.78, 5) is 29.2. The molecule has 3 rings (SSSR count). The lowest BCUT2D eigenvalue weighted by molar-refractivity contribution is 0.0846. The van der Waals surface area contributed by atoms with Crippen LogP contribution >= 0.6 is 0 Å². The first-order chi connectivity index (χ1) is 17.0. The van der Waals surface area contributed by atoms with Crippen LogP contribution in [0, 0.1) is 0 Å². The van der Waals surface area contributed by atoms with E-state index in [1.807, 2.05) is 26.0 Å². The van der Waals surface area contributed by atoms with Crippen LogP contribution in [-0.2, 0) is 6.61 Å². The van der Waals surface area contributed by atoms with Gasteiger partial charge in [-0.05, 0) is 67.4 Å². The normalized spacial score (nSPS) is 10.3. The predicted molar refractivity (Wildman–Crippen MR) is 130 cm³/mol. The van der Waals surface area contributed by atoms with Gasteiger partial charge in [0, 0.05) is 23.5 Å². The lowest BCUT2D eigenvalue weighted by Gasteiger charge is -2.14. The Morgan fingerprint density at radius 1 is 0.771 bits per heavy atom. The van der Waals surface area contributed by atoms with Crippen molar-refractivity contribution in [2.24, 2.45) is 0 Å². The number of nitrogens with one attached hydrogen (secondary N) is 2. The summed E-state index contributed by atoms with van der Waals surface area (Å²) in [5.41, 5.74) is 6.38. The fourth-order valence-corrected chi connectivity index (χ4v) is 3.07. The average molecular weight is 480 g/mol. The van der Waals surface area contributed by atoms with Crippen molar-refractivity contribution in [1.82, 2.24) is 15.8 Å². The van der Waals surface area contributed by atoms with Crippen LogP contribution < -0.4 is 29.8 Å². The molecular formula is C26H29N3O6. The van der Waals surface area contributed by atoms with Gasteiger partial charge in [-0.15, -0.1) is 0 Å². The molecule has 0 unspecified atom stereocenters. The predicted octanol–water partition coefficient (Wildman–Crippen LogP) is 3.93. The fraction of sp³-hybridized carbons (Fsp3) is 0.269. The molecule has 0 fully saturated rings. The molecule has 0 saturated heterocycles. The molecule has 0 radical (unpaired) electrons. The number of aromatic nitrogens is 1. The van der Waals surface area contributed by atoms with E-state index >= 15 is 0 Å². The Morgan fingerprint density at radius 2 is 1.37 bits per heavy atom. The highest BCUT2D eigenvalue weighted by atomic mass is 16.5. The van der Waals surface area contributed by atoms with Crippen LogP contribution in [0.4, 0.5) is 0 Å². The van der Waals surface area contributed by atoms with Gasteiger partial charge in [-0.3, -0.25) is 25.4 Å². The highest BCUT2D eigenvalue weighted by Gasteiger charge is 2.15. The van der Waals surface area contributed by atoms with Gasteiger partial charge in [0.2, 0.25) is 0 Å². The van der Waals surface area contributed by atoms with E-state index in [9.17, 15) is 9.59 Å². The Bertz CT molecular complexity index is 1140. The molecule has 2 N–H and O–H groups in total. The molecule has 0 aliphatic carbocycles. The van der Waals surface area contributed by atoms with Crippen LogP contribution in [0.3, 0.4) is 0 Å². The number of benzene rings is 2. The molecule has 9 heteroatoms. The molecule has 3 aromatic rings. The van der Waals surface area contributed by atoms with E-state index in [0.29, 0.717) is 53.9 Å². The second-order valence-electron chi connectivity index (χ2n) is 7.36. The standard InChI is InChI=1S/C26H29N3O6/c1-4-14-34-21-8-6-19(15-23(21)32-3)25(30)28-29-26(31)20-7-9-22(24(16-20)33-5-2)35-17-18-10-12-27-13-11-18/h6-13,15-16H,4-5,14,17H2,1-3H3,(H,28,30)(H,29,31). The summed E-state index contributed by atoms with van der Waals surface area (Å²) in [6.45, 7) is 5.10. The number of nitrogens with zero attached hydrogens (tertiary/aromatic N) is 1. The van der Waals surface area contributed by atoms with Crippen molar-refractivity contribution in [3.05, 3.63) is 77.6 Å². The summed E-state index contributed by atoms with van der Waals surface area (Å²) in [7, 11) is 1.50. The zero-order valence-corrected chi connectivity index (χ0v) is 20.0. The molecule has 2 amide bonds. The molecule has 9 nitrogen and oxygen atoms in total. The monoisotopic (exact) mass is 479 g/mol. The van der Waals surface area contributed by atoms with Crippen LogP contribution in [0.25, 0.3) is 0 Å². The molecule has 0 bridgehead atoms. The molecule has 184 valence electrons. The number of rotatable bonds is 11. The number of methoxy groups -OCH3 is 1. The Labute approximate surface area is 204 Å². The smallest absolute Gasteiger partial charge is 0.269 e. The third kappa shape index (κ3) is 7.10. The molecule has 0 aliphatic rings. The van der Waals surface area contributed by atoms with Gasteiger partial charge < -0.3 is 18.9 Å². The molecule has 1 aromatic heterocycles. The third-order valence-corrected chi connectivity index (χ3v) is 4.83. The first-order valence-corrected chi connectivity index (χ1v) is 11.3. The number of hydrogen-bond acceptors (Lipinski definition) is 7. The minimum absolute atomic E-state index is 0.297. The van der Waals surface area contributed by atoms with E-state index in [0.717, 1.165) is 12.0 Å². The van der Waals surface area contributed by atoms with Crippen LogP contribution in [-0.4, -0.2) is 37.1 Å². The molecule has 1 heterocycles. The number of ether oxygens (including phenoxy) is 4.